The molecule has 1 N–H and O–H groups in total. The van der Waals surface area contributed by atoms with Crippen LogP contribution in [0.25, 0.3) is 0 Å². The molecular weight excluding hydrogens is 554 g/mol. The van der Waals surface area contributed by atoms with Crippen molar-refractivity contribution in [3.63, 3.8) is 0 Å². The minimum atomic E-state index is -1.43. The molecule has 4 aromatic rings. The van der Waals surface area contributed by atoms with Crippen LogP contribution in [-0.2, 0) is 20.9 Å². The molecule has 0 aromatic heterocycles. The van der Waals surface area contributed by atoms with Gasteiger partial charge in [0.25, 0.3) is 17.6 Å². The summed E-state index contributed by atoms with van der Waals surface area (Å²) in [6, 6.07) is 22.8. The van der Waals surface area contributed by atoms with Crippen LogP contribution < -0.4 is 15.1 Å². The molecule has 0 fully saturated rings. The van der Waals surface area contributed by atoms with Gasteiger partial charge in [-0.2, -0.15) is 0 Å². The number of anilines is 3. The van der Waals surface area contributed by atoms with Crippen LogP contribution in [0.5, 0.6) is 0 Å². The van der Waals surface area contributed by atoms with Gasteiger partial charge in [0, 0.05) is 37.6 Å². The van der Waals surface area contributed by atoms with E-state index in [1.165, 1.54) is 42.5 Å². The highest BCUT2D eigenvalue weighted by atomic mass is 19.1. The zero-order chi connectivity index (χ0) is 30.7. The smallest absolute Gasteiger partial charge is 0.299 e. The fourth-order valence-electron chi connectivity index (χ4n) is 4.97. The van der Waals surface area contributed by atoms with Gasteiger partial charge in [-0.1, -0.05) is 42.5 Å². The molecule has 8 nitrogen and oxygen atoms in total. The lowest BCUT2D eigenvalue weighted by atomic mass is 10.0. The van der Waals surface area contributed by atoms with E-state index in [0.717, 1.165) is 21.6 Å². The van der Waals surface area contributed by atoms with Crippen molar-refractivity contribution in [3.8, 4) is 0 Å². The van der Waals surface area contributed by atoms with Crippen LogP contribution in [0, 0.1) is 11.6 Å². The number of hydrogen-bond acceptors (Lipinski definition) is 5. The number of amides is 3. The van der Waals surface area contributed by atoms with Crippen LogP contribution >= 0.6 is 0 Å². The Morgan fingerprint density at radius 3 is 2.26 bits per heavy atom. The second-order valence-corrected chi connectivity index (χ2v) is 10.2. The van der Waals surface area contributed by atoms with E-state index in [1.54, 1.807) is 48.5 Å². The number of ketones is 1. The molecule has 0 radical (unpaired) electrons. The van der Waals surface area contributed by atoms with Crippen molar-refractivity contribution in [2.75, 3.05) is 35.8 Å². The summed E-state index contributed by atoms with van der Waals surface area (Å²) < 4.78 is 29.4. The summed E-state index contributed by atoms with van der Waals surface area (Å²) in [6.07, 6.45) is 0. The third-order valence-corrected chi connectivity index (χ3v) is 7.17. The van der Waals surface area contributed by atoms with Gasteiger partial charge in [-0.15, -0.1) is 0 Å². The fraction of sp³-hybridized carbons (Fsp3) is 0.152. The summed E-state index contributed by atoms with van der Waals surface area (Å²) in [6.45, 7) is -0.982. The Morgan fingerprint density at radius 2 is 1.56 bits per heavy atom. The molecule has 0 saturated carbocycles. The number of fused-ring (bicyclic) bond motifs is 1. The maximum Gasteiger partial charge on any atom is 0.299 e. The zero-order valence-electron chi connectivity index (χ0n) is 23.5. The van der Waals surface area contributed by atoms with Crippen LogP contribution in [-0.4, -0.2) is 49.0 Å². The number of nitrogens with zero attached hydrogens (tertiary/aromatic N) is 3. The van der Waals surface area contributed by atoms with Crippen molar-refractivity contribution in [2.24, 2.45) is 0 Å². The van der Waals surface area contributed by atoms with E-state index in [2.05, 4.69) is 5.32 Å². The van der Waals surface area contributed by atoms with E-state index in [0.29, 0.717) is 5.69 Å². The molecule has 0 spiro atoms. The lowest BCUT2D eigenvalue weighted by Crippen LogP contribution is -2.46. The molecule has 1 atom stereocenters. The standard InChI is InChI=1S/C33H28F2N4O4/c1-37(2)25-16-14-24(15-17-25)36-32(42)30(21-9-7-10-23(34)18-21)39(19-22-8-3-5-12-27(22)35)29(40)20-38-28-13-6-4-11-26(28)31(41)33(38)43/h3-18,30H,19-20H2,1-2H3,(H,36,42). The average Bonchev–Trinajstić information content (AvgIpc) is 3.23. The number of para-hydroxylation sites is 1. The summed E-state index contributed by atoms with van der Waals surface area (Å²) in [5.74, 6) is -4.35. The molecule has 1 unspecified atom stereocenters. The fourth-order valence-corrected chi connectivity index (χ4v) is 4.97. The first-order valence-electron chi connectivity index (χ1n) is 13.5. The SMILES string of the molecule is CN(C)c1ccc(NC(=O)C(c2cccc(F)c2)N(Cc2ccccc2F)C(=O)CN2C(=O)C(=O)c3ccccc32)cc1. The number of halogens is 2. The van der Waals surface area contributed by atoms with Crippen molar-refractivity contribution in [3.05, 3.63) is 125 Å². The van der Waals surface area contributed by atoms with Crippen molar-refractivity contribution < 1.29 is 28.0 Å². The highest BCUT2D eigenvalue weighted by Gasteiger charge is 2.39. The Hall–Kier alpha value is -5.38. The third-order valence-electron chi connectivity index (χ3n) is 7.17. The van der Waals surface area contributed by atoms with Gasteiger partial charge >= 0.3 is 0 Å². The van der Waals surface area contributed by atoms with Gasteiger partial charge in [-0.25, -0.2) is 8.78 Å². The Bertz CT molecular complexity index is 1710. The molecular formula is C33H28F2N4O4. The van der Waals surface area contributed by atoms with E-state index in [9.17, 15) is 28.0 Å². The van der Waals surface area contributed by atoms with E-state index < -0.39 is 47.7 Å². The van der Waals surface area contributed by atoms with Gasteiger partial charge in [0.15, 0.2) is 0 Å². The molecule has 0 aliphatic carbocycles. The minimum absolute atomic E-state index is 0.101. The zero-order valence-corrected chi connectivity index (χ0v) is 23.5. The number of benzene rings is 4. The number of rotatable bonds is 9. The van der Waals surface area contributed by atoms with Gasteiger partial charge in [-0.05, 0) is 60.2 Å². The van der Waals surface area contributed by atoms with Crippen LogP contribution in [0.1, 0.15) is 27.5 Å². The quantitative estimate of drug-likeness (QED) is 0.282. The number of carbonyl (C=O) groups is 4. The summed E-state index contributed by atoms with van der Waals surface area (Å²) in [4.78, 5) is 57.5. The van der Waals surface area contributed by atoms with Crippen molar-refractivity contribution in [2.45, 2.75) is 12.6 Å². The number of Topliss-reactive ketones (excluding diaryl/α,β-unsaturated/α-hetero) is 1. The third kappa shape index (κ3) is 6.13. The monoisotopic (exact) mass is 582 g/mol. The summed E-state index contributed by atoms with van der Waals surface area (Å²) in [7, 11) is 3.74. The van der Waals surface area contributed by atoms with Gasteiger partial charge in [0.1, 0.15) is 24.2 Å². The molecule has 218 valence electrons. The van der Waals surface area contributed by atoms with Crippen LogP contribution in [0.15, 0.2) is 97.1 Å². The molecule has 3 amide bonds. The van der Waals surface area contributed by atoms with E-state index in [-0.39, 0.29) is 28.9 Å². The predicted molar refractivity (Wildman–Crippen MR) is 159 cm³/mol. The van der Waals surface area contributed by atoms with Gasteiger partial charge in [-0.3, -0.25) is 24.1 Å². The lowest BCUT2D eigenvalue weighted by molar-refractivity contribution is -0.139. The van der Waals surface area contributed by atoms with E-state index >= 15 is 0 Å². The van der Waals surface area contributed by atoms with Crippen LogP contribution in [0.2, 0.25) is 0 Å². The average molecular weight is 583 g/mol. The maximum atomic E-state index is 14.9. The Morgan fingerprint density at radius 1 is 0.860 bits per heavy atom. The van der Waals surface area contributed by atoms with Crippen molar-refractivity contribution in [1.82, 2.24) is 4.90 Å². The highest BCUT2D eigenvalue weighted by Crippen LogP contribution is 2.31. The normalized spacial score (nSPS) is 13.0. The van der Waals surface area contributed by atoms with E-state index in [1.807, 2.05) is 19.0 Å². The predicted octanol–water partition coefficient (Wildman–Crippen LogP) is 4.97. The molecule has 0 saturated heterocycles. The molecule has 5 rings (SSSR count). The molecule has 10 heteroatoms. The first-order chi connectivity index (χ1) is 20.6. The molecule has 1 aliphatic heterocycles. The molecule has 0 bridgehead atoms. The topological polar surface area (TPSA) is 90.0 Å². The Kier molecular flexibility index (Phi) is 8.29. The van der Waals surface area contributed by atoms with Crippen LogP contribution in [0.4, 0.5) is 25.8 Å². The number of hydrogen-bond donors (Lipinski definition) is 1. The number of carbonyl (C=O) groups excluding carboxylic acids is 4. The lowest BCUT2D eigenvalue weighted by Gasteiger charge is -2.33. The van der Waals surface area contributed by atoms with Crippen molar-refractivity contribution in [1.29, 1.82) is 0 Å². The van der Waals surface area contributed by atoms with Crippen LogP contribution in [0.3, 0.4) is 0 Å². The second-order valence-electron chi connectivity index (χ2n) is 10.2. The summed E-state index contributed by atoms with van der Waals surface area (Å²) in [5, 5.41) is 2.78. The molecule has 1 aliphatic rings. The minimum Gasteiger partial charge on any atom is -0.378 e. The molecule has 1 heterocycles. The molecule has 4 aromatic carbocycles. The van der Waals surface area contributed by atoms with E-state index in [4.69, 9.17) is 0 Å². The van der Waals surface area contributed by atoms with Crippen molar-refractivity contribution >= 4 is 40.6 Å². The highest BCUT2D eigenvalue weighted by molar-refractivity contribution is 6.52. The van der Waals surface area contributed by atoms with Gasteiger partial charge in [0.05, 0.1) is 11.3 Å². The maximum absolute atomic E-state index is 14.9. The largest absolute Gasteiger partial charge is 0.378 e. The first kappa shape index (κ1) is 29.1. The second kappa shape index (κ2) is 12.2. The Balaban J connectivity index is 1.55. The number of nitrogens with one attached hydrogen (secondary N) is 1. The molecule has 43 heavy (non-hydrogen) atoms. The first-order valence-corrected chi connectivity index (χ1v) is 13.5. The van der Waals surface area contributed by atoms with Gasteiger partial charge < -0.3 is 15.1 Å². The van der Waals surface area contributed by atoms with Gasteiger partial charge in [0.2, 0.25) is 5.91 Å². The summed E-state index contributed by atoms with van der Waals surface area (Å²) in [5.41, 5.74) is 1.96. The summed E-state index contributed by atoms with van der Waals surface area (Å²) >= 11 is 0. The Labute approximate surface area is 247 Å².